The predicted octanol–water partition coefficient (Wildman–Crippen LogP) is 3.51. The molecule has 1 atom stereocenters. The van der Waals surface area contributed by atoms with E-state index in [1.807, 2.05) is 11.3 Å². The molecule has 0 saturated carbocycles. The number of nitrogens with one attached hydrogen (secondary N) is 1. The highest BCUT2D eigenvalue weighted by Gasteiger charge is 2.10. The fourth-order valence-electron chi connectivity index (χ4n) is 2.13. The molecule has 1 unspecified atom stereocenters. The van der Waals surface area contributed by atoms with Crippen molar-refractivity contribution in [3.8, 4) is 0 Å². The topological polar surface area (TPSA) is 15.3 Å². The second-order valence-corrected chi connectivity index (χ2v) is 6.66. The summed E-state index contributed by atoms with van der Waals surface area (Å²) in [5, 5.41) is 5.71. The van der Waals surface area contributed by atoms with Crippen molar-refractivity contribution in [3.05, 3.63) is 21.9 Å². The summed E-state index contributed by atoms with van der Waals surface area (Å²) in [6.45, 7) is 12.3. The van der Waals surface area contributed by atoms with Crippen LogP contribution < -0.4 is 5.32 Å². The van der Waals surface area contributed by atoms with Gasteiger partial charge in [0, 0.05) is 30.6 Å². The molecule has 1 heterocycles. The molecule has 0 spiro atoms. The van der Waals surface area contributed by atoms with Gasteiger partial charge in [-0.25, -0.2) is 0 Å². The van der Waals surface area contributed by atoms with Gasteiger partial charge in [0.25, 0.3) is 0 Å². The molecular formula is C15H28N2S. The number of rotatable bonds is 8. The van der Waals surface area contributed by atoms with Crippen LogP contribution in [-0.2, 0) is 6.54 Å². The number of aryl methyl sites for hydroxylation is 1. The van der Waals surface area contributed by atoms with Crippen molar-refractivity contribution in [2.75, 3.05) is 20.1 Å². The molecule has 1 aromatic heterocycles. The largest absolute Gasteiger partial charge is 0.311 e. The zero-order chi connectivity index (χ0) is 13.5. The highest BCUT2D eigenvalue weighted by atomic mass is 32.1. The van der Waals surface area contributed by atoms with Crippen LogP contribution in [0.5, 0.6) is 0 Å². The van der Waals surface area contributed by atoms with E-state index >= 15 is 0 Å². The van der Waals surface area contributed by atoms with Crippen LogP contribution in [0.15, 0.2) is 11.4 Å². The third-order valence-electron chi connectivity index (χ3n) is 3.46. The van der Waals surface area contributed by atoms with E-state index in [9.17, 15) is 0 Å². The fraction of sp³-hybridized carbons (Fsp3) is 0.733. The standard InChI is InChI=1S/C15H28N2S/c1-12(2)10-14(4)17(5)8-7-16-11-15-13(3)6-9-18-15/h6,9,12,14,16H,7-8,10-11H2,1-5H3. The van der Waals surface area contributed by atoms with Crippen LogP contribution >= 0.6 is 11.3 Å². The number of nitrogens with zero attached hydrogens (tertiary/aromatic N) is 1. The second kappa shape index (κ2) is 7.93. The lowest BCUT2D eigenvalue weighted by atomic mass is 10.0. The van der Waals surface area contributed by atoms with Gasteiger partial charge in [0.1, 0.15) is 0 Å². The first-order valence-electron chi connectivity index (χ1n) is 6.94. The summed E-state index contributed by atoms with van der Waals surface area (Å²) >= 11 is 1.85. The van der Waals surface area contributed by atoms with Gasteiger partial charge in [-0.2, -0.15) is 0 Å². The van der Waals surface area contributed by atoms with Gasteiger partial charge >= 0.3 is 0 Å². The van der Waals surface area contributed by atoms with E-state index in [1.54, 1.807) is 0 Å². The highest BCUT2D eigenvalue weighted by molar-refractivity contribution is 7.10. The Hall–Kier alpha value is -0.380. The SMILES string of the molecule is Cc1ccsc1CNCCN(C)C(C)CC(C)C. The number of hydrogen-bond acceptors (Lipinski definition) is 3. The Kier molecular flexibility index (Phi) is 6.90. The maximum Gasteiger partial charge on any atom is 0.0302 e. The summed E-state index contributed by atoms with van der Waals surface area (Å²) < 4.78 is 0. The molecule has 0 aliphatic rings. The van der Waals surface area contributed by atoms with Gasteiger partial charge in [-0.05, 0) is 50.2 Å². The van der Waals surface area contributed by atoms with Crippen LogP contribution in [0.2, 0.25) is 0 Å². The molecule has 0 radical (unpaired) electrons. The maximum absolute atomic E-state index is 3.54. The first kappa shape index (κ1) is 15.7. The fourth-order valence-corrected chi connectivity index (χ4v) is 3.00. The average Bonchev–Trinajstić information content (AvgIpc) is 2.69. The summed E-state index contributed by atoms with van der Waals surface area (Å²) in [7, 11) is 2.23. The minimum atomic E-state index is 0.676. The molecule has 18 heavy (non-hydrogen) atoms. The molecule has 0 saturated heterocycles. The minimum absolute atomic E-state index is 0.676. The Bertz CT molecular complexity index is 333. The highest BCUT2D eigenvalue weighted by Crippen LogP contribution is 2.14. The molecule has 0 amide bonds. The van der Waals surface area contributed by atoms with E-state index < -0.39 is 0 Å². The molecule has 0 aromatic carbocycles. The average molecular weight is 268 g/mol. The zero-order valence-corrected chi connectivity index (χ0v) is 13.3. The molecule has 0 fully saturated rings. The van der Waals surface area contributed by atoms with Crippen molar-refractivity contribution >= 4 is 11.3 Å². The maximum atomic E-state index is 3.54. The van der Waals surface area contributed by atoms with Gasteiger partial charge in [-0.1, -0.05) is 13.8 Å². The van der Waals surface area contributed by atoms with E-state index in [-0.39, 0.29) is 0 Å². The van der Waals surface area contributed by atoms with E-state index in [1.165, 1.54) is 16.9 Å². The zero-order valence-electron chi connectivity index (χ0n) is 12.5. The number of likely N-dealkylation sites (N-methyl/N-ethyl adjacent to an activating group) is 1. The molecule has 2 nitrogen and oxygen atoms in total. The Morgan fingerprint density at radius 1 is 1.33 bits per heavy atom. The lowest BCUT2D eigenvalue weighted by molar-refractivity contribution is 0.228. The van der Waals surface area contributed by atoms with Crippen molar-refractivity contribution in [1.29, 1.82) is 0 Å². The molecular weight excluding hydrogens is 240 g/mol. The van der Waals surface area contributed by atoms with Gasteiger partial charge in [0.2, 0.25) is 0 Å². The third-order valence-corrected chi connectivity index (χ3v) is 4.48. The third kappa shape index (κ3) is 5.51. The van der Waals surface area contributed by atoms with Crippen molar-refractivity contribution in [2.45, 2.75) is 46.7 Å². The molecule has 3 heteroatoms. The van der Waals surface area contributed by atoms with Crippen molar-refractivity contribution < 1.29 is 0 Å². The lowest BCUT2D eigenvalue weighted by Gasteiger charge is -2.26. The van der Waals surface area contributed by atoms with Crippen LogP contribution in [0.4, 0.5) is 0 Å². The van der Waals surface area contributed by atoms with Crippen molar-refractivity contribution in [2.24, 2.45) is 5.92 Å². The summed E-state index contributed by atoms with van der Waals surface area (Å²) in [5.74, 6) is 0.782. The molecule has 0 aliphatic heterocycles. The van der Waals surface area contributed by atoms with E-state index in [2.05, 4.69) is 56.4 Å². The van der Waals surface area contributed by atoms with Gasteiger partial charge in [0.05, 0.1) is 0 Å². The van der Waals surface area contributed by atoms with Crippen LogP contribution in [0.3, 0.4) is 0 Å². The Morgan fingerprint density at radius 2 is 2.06 bits per heavy atom. The summed E-state index contributed by atoms with van der Waals surface area (Å²) in [5.41, 5.74) is 1.41. The van der Waals surface area contributed by atoms with Crippen LogP contribution in [0.1, 0.15) is 37.6 Å². The number of thiophene rings is 1. The monoisotopic (exact) mass is 268 g/mol. The normalized spacial score (nSPS) is 13.5. The van der Waals surface area contributed by atoms with Gasteiger partial charge in [-0.3, -0.25) is 0 Å². The van der Waals surface area contributed by atoms with Crippen molar-refractivity contribution in [1.82, 2.24) is 10.2 Å². The predicted molar refractivity (Wildman–Crippen MR) is 82.3 cm³/mol. The first-order chi connectivity index (χ1) is 8.50. The first-order valence-corrected chi connectivity index (χ1v) is 7.82. The molecule has 0 aliphatic carbocycles. The summed E-state index contributed by atoms with van der Waals surface area (Å²) in [6, 6.07) is 2.87. The van der Waals surface area contributed by atoms with Crippen molar-refractivity contribution in [3.63, 3.8) is 0 Å². The number of hydrogen-bond donors (Lipinski definition) is 1. The van der Waals surface area contributed by atoms with E-state index in [4.69, 9.17) is 0 Å². The Morgan fingerprint density at radius 3 is 2.61 bits per heavy atom. The smallest absolute Gasteiger partial charge is 0.0302 e. The summed E-state index contributed by atoms with van der Waals surface area (Å²) in [4.78, 5) is 3.92. The Balaban J connectivity index is 2.16. The van der Waals surface area contributed by atoms with Crippen LogP contribution in [0, 0.1) is 12.8 Å². The lowest BCUT2D eigenvalue weighted by Crippen LogP contribution is -2.35. The quantitative estimate of drug-likeness (QED) is 0.726. The molecule has 1 aromatic rings. The van der Waals surface area contributed by atoms with E-state index in [0.29, 0.717) is 6.04 Å². The minimum Gasteiger partial charge on any atom is -0.311 e. The van der Waals surface area contributed by atoms with Crippen LogP contribution in [0.25, 0.3) is 0 Å². The van der Waals surface area contributed by atoms with E-state index in [0.717, 1.165) is 25.6 Å². The van der Waals surface area contributed by atoms with Gasteiger partial charge in [-0.15, -0.1) is 11.3 Å². The molecule has 1 rings (SSSR count). The van der Waals surface area contributed by atoms with Crippen LogP contribution in [-0.4, -0.2) is 31.1 Å². The van der Waals surface area contributed by atoms with Gasteiger partial charge in [0.15, 0.2) is 0 Å². The second-order valence-electron chi connectivity index (χ2n) is 5.66. The Labute approximate surface area is 116 Å². The molecule has 0 bridgehead atoms. The molecule has 1 N–H and O–H groups in total. The van der Waals surface area contributed by atoms with Gasteiger partial charge < -0.3 is 10.2 Å². The summed E-state index contributed by atoms with van der Waals surface area (Å²) in [6.07, 6.45) is 1.28. The molecule has 104 valence electrons.